The summed E-state index contributed by atoms with van der Waals surface area (Å²) in [7, 11) is 0. The fourth-order valence-corrected chi connectivity index (χ4v) is 12.1. The van der Waals surface area contributed by atoms with Crippen LogP contribution in [0.3, 0.4) is 0 Å². The molecule has 1 spiro atoms. The van der Waals surface area contributed by atoms with Crippen molar-refractivity contribution in [1.29, 1.82) is 0 Å². The summed E-state index contributed by atoms with van der Waals surface area (Å²) >= 11 is 0. The molecule has 6 heteroatoms. The van der Waals surface area contributed by atoms with Crippen molar-refractivity contribution in [2.45, 2.75) is 5.41 Å². The second-order valence-corrected chi connectivity index (χ2v) is 18.9. The van der Waals surface area contributed by atoms with Crippen LogP contribution in [0, 0.1) is 5.82 Å². The van der Waals surface area contributed by atoms with E-state index in [9.17, 15) is 0 Å². The number of rotatable bonds is 7. The fourth-order valence-electron chi connectivity index (χ4n) is 12.1. The average molecular weight is 940 g/mol. The molecular formula is C67H42FN3O2. The van der Waals surface area contributed by atoms with Gasteiger partial charge in [-0.3, -0.25) is 0 Å². The molecule has 1 aliphatic heterocycles. The highest BCUT2D eigenvalue weighted by Gasteiger charge is 2.52. The van der Waals surface area contributed by atoms with Crippen LogP contribution in [-0.4, -0.2) is 0 Å². The Bertz CT molecular complexity index is 4270. The van der Waals surface area contributed by atoms with Gasteiger partial charge in [0.25, 0.3) is 0 Å². The lowest BCUT2D eigenvalue weighted by atomic mass is 9.64. The van der Waals surface area contributed by atoms with E-state index in [4.69, 9.17) is 8.83 Å². The van der Waals surface area contributed by atoms with E-state index >= 15 is 4.39 Å². The van der Waals surface area contributed by atoms with Crippen LogP contribution in [0.4, 0.5) is 55.6 Å². The quantitative estimate of drug-likeness (QED) is 0.159. The van der Waals surface area contributed by atoms with Crippen LogP contribution in [0.15, 0.2) is 264 Å². The zero-order valence-corrected chi connectivity index (χ0v) is 39.3. The zero-order valence-electron chi connectivity index (χ0n) is 39.3. The van der Waals surface area contributed by atoms with E-state index < -0.39 is 5.41 Å². The van der Waals surface area contributed by atoms with Crippen LogP contribution >= 0.6 is 0 Å². The number of fused-ring (bicyclic) bond motifs is 16. The molecule has 1 aliphatic carbocycles. The lowest BCUT2D eigenvalue weighted by Crippen LogP contribution is -2.36. The highest BCUT2D eigenvalue weighted by Crippen LogP contribution is 2.65. The molecule has 0 bridgehead atoms. The molecule has 73 heavy (non-hydrogen) atoms. The molecule has 2 aliphatic rings. The summed E-state index contributed by atoms with van der Waals surface area (Å²) in [6.07, 6.45) is 0. The molecule has 0 atom stereocenters. The van der Waals surface area contributed by atoms with Crippen LogP contribution < -0.4 is 14.7 Å². The first-order valence-electron chi connectivity index (χ1n) is 24.7. The first kappa shape index (κ1) is 41.2. The van der Waals surface area contributed by atoms with Gasteiger partial charge in [-0.1, -0.05) is 133 Å². The van der Waals surface area contributed by atoms with E-state index in [0.29, 0.717) is 0 Å². The van der Waals surface area contributed by atoms with E-state index in [1.165, 1.54) is 28.3 Å². The summed E-state index contributed by atoms with van der Waals surface area (Å²) in [5.41, 5.74) is 18.3. The Hall–Kier alpha value is -9.65. The molecule has 5 nitrogen and oxygen atoms in total. The lowest BCUT2D eigenvalue weighted by Gasteiger charge is -2.45. The van der Waals surface area contributed by atoms with Crippen molar-refractivity contribution in [1.82, 2.24) is 0 Å². The molecule has 0 unspecified atom stereocenters. The molecule has 13 aromatic rings. The van der Waals surface area contributed by atoms with E-state index in [-0.39, 0.29) is 5.82 Å². The van der Waals surface area contributed by atoms with Crippen molar-refractivity contribution in [3.8, 4) is 11.1 Å². The third-order valence-corrected chi connectivity index (χ3v) is 15.0. The SMILES string of the molecule is Fc1cccc(N(c2ccccc2)c2ccc3oc4ccc5c(c4c3c2)N(c2ccccc2)c2ccc(N(c3ccccc3)c3ccc4oc6ccccc6c4c3)cc2C52c3ccccc3-c3ccccc32)c1. The molecule has 3 heterocycles. The van der Waals surface area contributed by atoms with Crippen LogP contribution in [-0.2, 0) is 5.41 Å². The van der Waals surface area contributed by atoms with Crippen molar-refractivity contribution in [3.63, 3.8) is 0 Å². The van der Waals surface area contributed by atoms with Gasteiger partial charge in [-0.05, 0) is 155 Å². The van der Waals surface area contributed by atoms with Gasteiger partial charge < -0.3 is 23.5 Å². The Kier molecular flexibility index (Phi) is 8.99. The first-order chi connectivity index (χ1) is 36.1. The second-order valence-electron chi connectivity index (χ2n) is 18.9. The lowest BCUT2D eigenvalue weighted by molar-refractivity contribution is 0.628. The van der Waals surface area contributed by atoms with Gasteiger partial charge in [0.2, 0.25) is 0 Å². The smallest absolute Gasteiger partial charge is 0.137 e. The summed E-state index contributed by atoms with van der Waals surface area (Å²) in [5, 5.41) is 4.09. The zero-order chi connectivity index (χ0) is 48.2. The molecule has 0 radical (unpaired) electrons. The largest absolute Gasteiger partial charge is 0.456 e. The second kappa shape index (κ2) is 15.9. The van der Waals surface area contributed by atoms with Gasteiger partial charge in [-0.15, -0.1) is 0 Å². The summed E-state index contributed by atoms with van der Waals surface area (Å²) in [6.45, 7) is 0. The molecule has 0 amide bonds. The third kappa shape index (κ3) is 6.07. The van der Waals surface area contributed by atoms with Crippen LogP contribution in [0.1, 0.15) is 22.3 Å². The summed E-state index contributed by atoms with van der Waals surface area (Å²) in [4.78, 5) is 6.93. The molecule has 11 aromatic carbocycles. The van der Waals surface area contributed by atoms with E-state index in [1.807, 2.05) is 36.4 Å². The molecule has 0 saturated carbocycles. The summed E-state index contributed by atoms with van der Waals surface area (Å²) in [5.74, 6) is -0.301. The molecule has 15 rings (SSSR count). The number of para-hydroxylation sites is 4. The minimum Gasteiger partial charge on any atom is -0.456 e. The Morgan fingerprint density at radius 3 is 1.53 bits per heavy atom. The predicted molar refractivity (Wildman–Crippen MR) is 296 cm³/mol. The van der Waals surface area contributed by atoms with E-state index in [2.05, 4.69) is 215 Å². The Labute approximate surface area is 420 Å². The van der Waals surface area contributed by atoms with Crippen molar-refractivity contribution in [2.75, 3.05) is 14.7 Å². The average Bonchev–Trinajstić information content (AvgIpc) is 4.11. The van der Waals surface area contributed by atoms with Gasteiger partial charge in [0.15, 0.2) is 0 Å². The number of furan rings is 2. The van der Waals surface area contributed by atoms with Crippen molar-refractivity contribution < 1.29 is 13.2 Å². The molecule has 0 fully saturated rings. The number of nitrogens with zero attached hydrogens (tertiary/aromatic N) is 3. The number of benzene rings is 11. The van der Waals surface area contributed by atoms with Crippen molar-refractivity contribution in [2.24, 2.45) is 0 Å². The number of hydrogen-bond acceptors (Lipinski definition) is 5. The summed E-state index contributed by atoms with van der Waals surface area (Å²) in [6, 6.07) is 88.8. The highest BCUT2D eigenvalue weighted by molar-refractivity contribution is 6.17. The maximum atomic E-state index is 15.1. The molecule has 344 valence electrons. The summed E-state index contributed by atoms with van der Waals surface area (Å²) < 4.78 is 28.4. The van der Waals surface area contributed by atoms with Gasteiger partial charge in [-0.2, -0.15) is 0 Å². The van der Waals surface area contributed by atoms with Crippen molar-refractivity contribution in [3.05, 3.63) is 283 Å². The maximum Gasteiger partial charge on any atom is 0.137 e. The van der Waals surface area contributed by atoms with Gasteiger partial charge in [0.05, 0.1) is 22.2 Å². The topological polar surface area (TPSA) is 36.0 Å². The van der Waals surface area contributed by atoms with Gasteiger partial charge >= 0.3 is 0 Å². The Morgan fingerprint density at radius 2 is 0.849 bits per heavy atom. The van der Waals surface area contributed by atoms with E-state index in [1.54, 1.807) is 12.1 Å². The highest BCUT2D eigenvalue weighted by atomic mass is 19.1. The van der Waals surface area contributed by atoms with Crippen LogP contribution in [0.5, 0.6) is 0 Å². The van der Waals surface area contributed by atoms with Gasteiger partial charge in [-0.25, -0.2) is 4.39 Å². The minimum absolute atomic E-state index is 0.301. The molecule has 2 aromatic heterocycles. The normalized spacial score (nSPS) is 13.1. The number of hydrogen-bond donors (Lipinski definition) is 0. The Morgan fingerprint density at radius 1 is 0.342 bits per heavy atom. The van der Waals surface area contributed by atoms with Crippen LogP contribution in [0.25, 0.3) is 55.0 Å². The first-order valence-corrected chi connectivity index (χ1v) is 24.7. The standard InChI is InChI=1S/C67H42FN3O2/c68-43-17-16-24-47(39-43)69(44-18-4-1-5-19-44)49-33-37-63-55(41-49)65-64(73-63)38-34-58-66(65)71(46-22-8-3-9-23-46)60-35-31-50(42-59(60)67(58)56-28-13-10-25-51(56)52-26-11-14-29-57(52)67)70(45-20-6-2-7-21-45)48-32-36-62-54(40-48)53-27-12-15-30-61(53)72-62/h1-42H. The minimum atomic E-state index is -0.779. The number of halogens is 1. The predicted octanol–water partition coefficient (Wildman–Crippen LogP) is 18.7. The monoisotopic (exact) mass is 939 g/mol. The molecule has 0 N–H and O–H groups in total. The van der Waals surface area contributed by atoms with Crippen molar-refractivity contribution >= 4 is 95.1 Å². The third-order valence-electron chi connectivity index (χ3n) is 15.0. The Balaban J connectivity index is 1.04. The van der Waals surface area contributed by atoms with Gasteiger partial charge in [0.1, 0.15) is 28.1 Å². The maximum absolute atomic E-state index is 15.1. The fraction of sp³-hybridized carbons (Fsp3) is 0.0149. The molecular weight excluding hydrogens is 898 g/mol. The van der Waals surface area contributed by atoms with Crippen LogP contribution in [0.2, 0.25) is 0 Å². The molecule has 0 saturated heterocycles. The van der Waals surface area contributed by atoms with Gasteiger partial charge in [0, 0.05) is 56.0 Å². The number of anilines is 9. The van der Waals surface area contributed by atoms with E-state index in [0.717, 1.165) is 106 Å².